The van der Waals surface area contributed by atoms with Gasteiger partial charge in [-0.1, -0.05) is 0 Å². The van der Waals surface area contributed by atoms with Crippen molar-refractivity contribution in [2.24, 2.45) is 0 Å². The highest BCUT2D eigenvalue weighted by atomic mass is 32.2. The molecule has 0 spiro atoms. The van der Waals surface area contributed by atoms with E-state index < -0.39 is 10.0 Å². The largest absolute Gasteiger partial charge is 0.385 e. The summed E-state index contributed by atoms with van der Waals surface area (Å²) in [6.45, 7) is 3.56. The first-order chi connectivity index (χ1) is 13.6. The first-order valence-corrected chi connectivity index (χ1v) is 11.5. The fourth-order valence-corrected chi connectivity index (χ4v) is 5.97. The summed E-state index contributed by atoms with van der Waals surface area (Å²) in [6.07, 6.45) is 5.30. The fourth-order valence-electron chi connectivity index (χ4n) is 4.21. The summed E-state index contributed by atoms with van der Waals surface area (Å²) >= 11 is 0. The second-order valence-corrected chi connectivity index (χ2v) is 9.47. The molecule has 0 aromatic carbocycles. The molecule has 2 aliphatic heterocycles. The monoisotopic (exact) mass is 408 g/mol. The van der Waals surface area contributed by atoms with E-state index in [4.69, 9.17) is 4.74 Å². The fraction of sp³-hybridized carbons (Fsp3) is 0.667. The number of H-pyrrole nitrogens is 1. The molecule has 0 amide bonds. The van der Waals surface area contributed by atoms with Crippen molar-refractivity contribution in [3.8, 4) is 11.5 Å². The maximum absolute atomic E-state index is 12.4. The number of piperidine rings is 1. The summed E-state index contributed by atoms with van der Waals surface area (Å²) in [5, 5.41) is 8.91. The summed E-state index contributed by atoms with van der Waals surface area (Å²) < 4.78 is 33.8. The molecular formula is C18H28N6O3S. The lowest BCUT2D eigenvalue weighted by Gasteiger charge is -2.37. The normalized spacial score (nSPS) is 22.8. The maximum Gasteiger partial charge on any atom is 0.227 e. The Kier molecular flexibility index (Phi) is 5.70. The third kappa shape index (κ3) is 3.81. The third-order valence-electron chi connectivity index (χ3n) is 5.53. The molecule has 2 fully saturated rings. The van der Waals surface area contributed by atoms with Gasteiger partial charge in [0, 0.05) is 52.1 Å². The minimum Gasteiger partial charge on any atom is -0.385 e. The van der Waals surface area contributed by atoms with Crippen molar-refractivity contribution in [3.63, 3.8) is 0 Å². The van der Waals surface area contributed by atoms with Gasteiger partial charge in [0.25, 0.3) is 0 Å². The molecule has 10 heteroatoms. The van der Waals surface area contributed by atoms with Crippen molar-refractivity contribution in [1.82, 2.24) is 24.1 Å². The van der Waals surface area contributed by atoms with Gasteiger partial charge < -0.3 is 14.6 Å². The quantitative estimate of drug-likeness (QED) is 0.694. The molecule has 2 aromatic rings. The van der Waals surface area contributed by atoms with Gasteiger partial charge in [0.1, 0.15) is 0 Å². The third-order valence-corrected chi connectivity index (χ3v) is 7.52. The predicted molar refractivity (Wildman–Crippen MR) is 107 cm³/mol. The Hall–Kier alpha value is -1.91. The molecule has 28 heavy (non-hydrogen) atoms. The van der Waals surface area contributed by atoms with E-state index in [-0.39, 0.29) is 11.8 Å². The van der Waals surface area contributed by atoms with Crippen LogP contribution in [0.2, 0.25) is 0 Å². The van der Waals surface area contributed by atoms with Crippen LogP contribution in [0.15, 0.2) is 18.3 Å². The van der Waals surface area contributed by atoms with Crippen molar-refractivity contribution in [2.45, 2.75) is 38.3 Å². The molecule has 4 rings (SSSR count). The molecule has 154 valence electrons. The molecule has 2 saturated heterocycles. The van der Waals surface area contributed by atoms with Gasteiger partial charge in [0.15, 0.2) is 5.82 Å². The molecular weight excluding hydrogens is 380 g/mol. The number of nitrogens with zero attached hydrogens (tertiary/aromatic N) is 5. The number of aromatic nitrogens is 4. The minimum absolute atomic E-state index is 0.0133. The van der Waals surface area contributed by atoms with Crippen molar-refractivity contribution < 1.29 is 13.2 Å². The molecule has 2 aliphatic rings. The average Bonchev–Trinajstić information content (AvgIpc) is 3.41. The topological polar surface area (TPSA) is 96.3 Å². The zero-order valence-corrected chi connectivity index (χ0v) is 17.1. The lowest BCUT2D eigenvalue weighted by atomic mass is 10.1. The number of anilines is 1. The Morgan fingerprint density at radius 2 is 2.18 bits per heavy atom. The summed E-state index contributed by atoms with van der Waals surface area (Å²) in [7, 11) is -1.41. The van der Waals surface area contributed by atoms with Gasteiger partial charge >= 0.3 is 0 Å². The van der Waals surface area contributed by atoms with Crippen molar-refractivity contribution in [1.29, 1.82) is 0 Å². The molecule has 1 unspecified atom stereocenters. The minimum atomic E-state index is -3.11. The summed E-state index contributed by atoms with van der Waals surface area (Å²) in [6, 6.07) is 3.94. The molecule has 1 atom stereocenters. The molecule has 9 nitrogen and oxygen atoms in total. The second kappa shape index (κ2) is 8.22. The standard InChI is InChI=1S/C18H28N6O3S/c1-27-12-4-10-23-17(16-7-2-8-19-16)20-21-18(23)22-9-3-6-15(14-22)24-11-5-13-28(24,25)26/h2,7-8,15,19H,3-6,9-14H2,1H3. The highest BCUT2D eigenvalue weighted by molar-refractivity contribution is 7.89. The Balaban J connectivity index is 1.59. The van der Waals surface area contributed by atoms with E-state index in [1.54, 1.807) is 11.4 Å². The number of hydrogen-bond donors (Lipinski definition) is 1. The van der Waals surface area contributed by atoms with Crippen molar-refractivity contribution in [3.05, 3.63) is 18.3 Å². The van der Waals surface area contributed by atoms with Crippen LogP contribution in [-0.2, 0) is 21.3 Å². The Labute approximate surface area is 165 Å². The van der Waals surface area contributed by atoms with Crippen LogP contribution in [0.5, 0.6) is 0 Å². The Bertz CT molecular complexity index is 879. The van der Waals surface area contributed by atoms with Crippen molar-refractivity contribution in [2.75, 3.05) is 44.0 Å². The van der Waals surface area contributed by atoms with Gasteiger partial charge in [-0.15, -0.1) is 10.2 Å². The Morgan fingerprint density at radius 3 is 2.89 bits per heavy atom. The van der Waals surface area contributed by atoms with Gasteiger partial charge in [0.2, 0.25) is 16.0 Å². The van der Waals surface area contributed by atoms with Crippen LogP contribution >= 0.6 is 0 Å². The number of sulfonamides is 1. The molecule has 0 saturated carbocycles. The SMILES string of the molecule is COCCCn1c(-c2ccc[nH]2)nnc1N1CCCC(N2CCCS2(=O)=O)C1. The highest BCUT2D eigenvalue weighted by Crippen LogP contribution is 2.28. The summed E-state index contributed by atoms with van der Waals surface area (Å²) in [5.41, 5.74) is 0.923. The number of aromatic amines is 1. The summed E-state index contributed by atoms with van der Waals surface area (Å²) in [4.78, 5) is 5.39. The van der Waals surface area contributed by atoms with Crippen LogP contribution in [0, 0.1) is 0 Å². The smallest absolute Gasteiger partial charge is 0.227 e. The highest BCUT2D eigenvalue weighted by Gasteiger charge is 2.37. The Morgan fingerprint density at radius 1 is 1.29 bits per heavy atom. The number of rotatable bonds is 7. The zero-order valence-electron chi connectivity index (χ0n) is 16.2. The number of hydrogen-bond acceptors (Lipinski definition) is 6. The predicted octanol–water partition coefficient (Wildman–Crippen LogP) is 1.31. The van der Waals surface area contributed by atoms with Gasteiger partial charge in [-0.2, -0.15) is 4.31 Å². The van der Waals surface area contributed by atoms with Crippen LogP contribution < -0.4 is 4.90 Å². The van der Waals surface area contributed by atoms with Crippen LogP contribution in [-0.4, -0.2) is 77.6 Å². The van der Waals surface area contributed by atoms with E-state index in [0.29, 0.717) is 19.7 Å². The van der Waals surface area contributed by atoms with E-state index >= 15 is 0 Å². The van der Waals surface area contributed by atoms with Crippen LogP contribution in [0.25, 0.3) is 11.5 Å². The van der Waals surface area contributed by atoms with Crippen LogP contribution in [0.3, 0.4) is 0 Å². The number of methoxy groups -OCH3 is 1. The van der Waals surface area contributed by atoms with E-state index in [1.165, 1.54) is 0 Å². The number of nitrogens with one attached hydrogen (secondary N) is 1. The molecule has 0 aliphatic carbocycles. The first kappa shape index (κ1) is 19.4. The van der Waals surface area contributed by atoms with E-state index in [1.807, 2.05) is 18.3 Å². The van der Waals surface area contributed by atoms with Gasteiger partial charge in [-0.3, -0.25) is 4.57 Å². The van der Waals surface area contributed by atoms with Crippen LogP contribution in [0.4, 0.5) is 5.95 Å². The van der Waals surface area contributed by atoms with E-state index in [9.17, 15) is 8.42 Å². The van der Waals surface area contributed by atoms with E-state index in [0.717, 1.165) is 56.2 Å². The zero-order chi connectivity index (χ0) is 19.6. The average molecular weight is 409 g/mol. The first-order valence-electron chi connectivity index (χ1n) is 9.90. The van der Waals surface area contributed by atoms with Gasteiger partial charge in [0.05, 0.1) is 11.4 Å². The molecule has 2 aromatic heterocycles. The lowest BCUT2D eigenvalue weighted by molar-refractivity contribution is 0.190. The molecule has 1 N–H and O–H groups in total. The summed E-state index contributed by atoms with van der Waals surface area (Å²) in [5.74, 6) is 1.88. The second-order valence-electron chi connectivity index (χ2n) is 7.43. The van der Waals surface area contributed by atoms with Crippen molar-refractivity contribution >= 4 is 16.0 Å². The van der Waals surface area contributed by atoms with E-state index in [2.05, 4.69) is 24.6 Å². The molecule has 0 radical (unpaired) electrons. The maximum atomic E-state index is 12.4. The molecule has 0 bridgehead atoms. The lowest BCUT2D eigenvalue weighted by Crippen LogP contribution is -2.49. The van der Waals surface area contributed by atoms with Crippen LogP contribution in [0.1, 0.15) is 25.7 Å². The molecule has 4 heterocycles. The van der Waals surface area contributed by atoms with Gasteiger partial charge in [-0.05, 0) is 37.8 Å². The number of ether oxygens (including phenoxy) is 1. The van der Waals surface area contributed by atoms with Gasteiger partial charge in [-0.25, -0.2) is 8.42 Å².